The van der Waals surface area contributed by atoms with Crippen molar-refractivity contribution in [2.75, 3.05) is 7.05 Å². The molecule has 27 heavy (non-hydrogen) atoms. The van der Waals surface area contributed by atoms with Crippen LogP contribution < -0.4 is 5.56 Å². The number of benzene rings is 1. The fourth-order valence-electron chi connectivity index (χ4n) is 2.78. The van der Waals surface area contributed by atoms with E-state index in [-0.39, 0.29) is 23.8 Å². The van der Waals surface area contributed by atoms with E-state index in [0.717, 1.165) is 0 Å². The number of aromatic nitrogens is 4. The second kappa shape index (κ2) is 6.76. The summed E-state index contributed by atoms with van der Waals surface area (Å²) in [4.78, 5) is 33.4. The molecule has 136 valence electrons. The van der Waals surface area contributed by atoms with E-state index in [1.54, 1.807) is 30.6 Å². The Morgan fingerprint density at radius 2 is 2.04 bits per heavy atom. The Balaban J connectivity index is 1.60. The Kier molecular flexibility index (Phi) is 4.28. The molecule has 4 aromatic rings. The lowest BCUT2D eigenvalue weighted by molar-refractivity contribution is 0.0782. The van der Waals surface area contributed by atoms with Crippen LogP contribution in [-0.2, 0) is 6.54 Å². The Bertz CT molecular complexity index is 1180. The van der Waals surface area contributed by atoms with Crippen LogP contribution >= 0.6 is 11.3 Å². The SMILES string of the molecule is CN(Cc1nc2ccsc2c(=O)[nH]1)C(=O)c1cn[nH]c1-c1ccc(F)cc1. The van der Waals surface area contributed by atoms with Gasteiger partial charge in [0.1, 0.15) is 16.3 Å². The monoisotopic (exact) mass is 383 g/mol. The summed E-state index contributed by atoms with van der Waals surface area (Å²) in [6, 6.07) is 7.55. The van der Waals surface area contributed by atoms with Gasteiger partial charge in [-0.2, -0.15) is 5.10 Å². The van der Waals surface area contributed by atoms with Crippen molar-refractivity contribution in [3.05, 3.63) is 69.5 Å². The predicted octanol–water partition coefficient (Wildman–Crippen LogP) is 2.79. The first kappa shape index (κ1) is 17.1. The van der Waals surface area contributed by atoms with Crippen LogP contribution in [0.5, 0.6) is 0 Å². The number of rotatable bonds is 4. The lowest BCUT2D eigenvalue weighted by Gasteiger charge is -2.16. The summed E-state index contributed by atoms with van der Waals surface area (Å²) in [6.45, 7) is 0.133. The quantitative estimate of drug-likeness (QED) is 0.567. The van der Waals surface area contributed by atoms with Gasteiger partial charge in [-0.15, -0.1) is 11.3 Å². The Morgan fingerprint density at radius 3 is 2.81 bits per heavy atom. The molecule has 3 aromatic heterocycles. The van der Waals surface area contributed by atoms with E-state index in [9.17, 15) is 14.0 Å². The summed E-state index contributed by atoms with van der Waals surface area (Å²) in [5, 5.41) is 8.52. The molecular formula is C18H14FN5O2S. The predicted molar refractivity (Wildman–Crippen MR) is 100 cm³/mol. The summed E-state index contributed by atoms with van der Waals surface area (Å²) in [7, 11) is 1.61. The first-order valence-electron chi connectivity index (χ1n) is 8.04. The van der Waals surface area contributed by atoms with Crippen LogP contribution in [0.3, 0.4) is 0 Å². The fraction of sp³-hybridized carbons (Fsp3) is 0.111. The first-order chi connectivity index (χ1) is 13.0. The molecular weight excluding hydrogens is 369 g/mol. The third kappa shape index (κ3) is 3.24. The molecule has 9 heteroatoms. The van der Waals surface area contributed by atoms with Gasteiger partial charge in [0, 0.05) is 12.6 Å². The van der Waals surface area contributed by atoms with Gasteiger partial charge in [-0.1, -0.05) is 0 Å². The second-order valence-corrected chi connectivity index (χ2v) is 6.89. The van der Waals surface area contributed by atoms with Crippen molar-refractivity contribution in [1.82, 2.24) is 25.1 Å². The van der Waals surface area contributed by atoms with Crippen LogP contribution in [0.2, 0.25) is 0 Å². The van der Waals surface area contributed by atoms with Crippen molar-refractivity contribution in [1.29, 1.82) is 0 Å². The molecule has 0 aliphatic carbocycles. The molecule has 0 radical (unpaired) electrons. The van der Waals surface area contributed by atoms with Crippen LogP contribution in [0.4, 0.5) is 4.39 Å². The van der Waals surface area contributed by atoms with Gasteiger partial charge in [0.15, 0.2) is 0 Å². The van der Waals surface area contributed by atoms with Gasteiger partial charge in [-0.05, 0) is 35.7 Å². The maximum Gasteiger partial charge on any atom is 0.268 e. The van der Waals surface area contributed by atoms with Crippen molar-refractivity contribution in [3.8, 4) is 11.3 Å². The topological polar surface area (TPSA) is 94.7 Å². The molecule has 0 spiro atoms. The van der Waals surface area contributed by atoms with Gasteiger partial charge in [0.25, 0.3) is 11.5 Å². The summed E-state index contributed by atoms with van der Waals surface area (Å²) < 4.78 is 13.7. The van der Waals surface area contributed by atoms with Crippen LogP contribution in [0.25, 0.3) is 21.5 Å². The molecule has 0 aliphatic heterocycles. The van der Waals surface area contributed by atoms with Crippen molar-refractivity contribution < 1.29 is 9.18 Å². The average molecular weight is 383 g/mol. The Labute approximate surface area is 156 Å². The molecule has 2 N–H and O–H groups in total. The highest BCUT2D eigenvalue weighted by atomic mass is 32.1. The lowest BCUT2D eigenvalue weighted by Crippen LogP contribution is -2.28. The minimum absolute atomic E-state index is 0.133. The number of aromatic amines is 2. The molecule has 0 fully saturated rings. The molecule has 0 aliphatic rings. The third-order valence-electron chi connectivity index (χ3n) is 4.10. The molecule has 4 rings (SSSR count). The van der Waals surface area contributed by atoms with E-state index < -0.39 is 0 Å². The average Bonchev–Trinajstić information content (AvgIpc) is 3.31. The van der Waals surface area contributed by atoms with Crippen molar-refractivity contribution in [2.45, 2.75) is 6.54 Å². The van der Waals surface area contributed by atoms with E-state index in [0.29, 0.717) is 32.9 Å². The molecule has 0 saturated heterocycles. The molecule has 7 nitrogen and oxygen atoms in total. The summed E-state index contributed by atoms with van der Waals surface area (Å²) in [5.74, 6) is -0.258. The Hall–Kier alpha value is -3.33. The van der Waals surface area contributed by atoms with Crippen LogP contribution in [-0.4, -0.2) is 38.0 Å². The number of fused-ring (bicyclic) bond motifs is 1. The van der Waals surface area contributed by atoms with Crippen molar-refractivity contribution >= 4 is 27.5 Å². The number of carbonyl (C=O) groups excluding carboxylic acids is 1. The largest absolute Gasteiger partial charge is 0.334 e. The zero-order valence-electron chi connectivity index (χ0n) is 14.2. The molecule has 0 atom stereocenters. The van der Waals surface area contributed by atoms with Gasteiger partial charge in [0.2, 0.25) is 0 Å². The molecule has 3 heterocycles. The molecule has 1 aromatic carbocycles. The second-order valence-electron chi connectivity index (χ2n) is 5.97. The number of amides is 1. The standard InChI is InChI=1S/C18H14FN5O2S/c1-24(9-14-21-13-6-7-27-16(13)17(25)22-14)18(26)12-8-20-23-15(12)10-2-4-11(19)5-3-10/h2-8H,9H2,1H3,(H,20,23)(H,21,22,25). The number of nitrogens with one attached hydrogen (secondary N) is 2. The van der Waals surface area contributed by atoms with Gasteiger partial charge in [-0.3, -0.25) is 14.7 Å². The molecule has 1 amide bonds. The van der Waals surface area contributed by atoms with Gasteiger partial charge in [0.05, 0.1) is 29.5 Å². The number of hydrogen-bond donors (Lipinski definition) is 2. The van der Waals surface area contributed by atoms with Crippen LogP contribution in [0.15, 0.2) is 46.7 Å². The lowest BCUT2D eigenvalue weighted by atomic mass is 10.1. The number of hydrogen-bond acceptors (Lipinski definition) is 5. The van der Waals surface area contributed by atoms with E-state index in [1.807, 2.05) is 0 Å². The van der Waals surface area contributed by atoms with E-state index in [1.165, 1.54) is 34.6 Å². The van der Waals surface area contributed by atoms with Crippen LogP contribution in [0, 0.1) is 5.82 Å². The van der Waals surface area contributed by atoms with E-state index in [2.05, 4.69) is 20.2 Å². The molecule has 0 saturated carbocycles. The highest BCUT2D eigenvalue weighted by Gasteiger charge is 2.20. The van der Waals surface area contributed by atoms with Gasteiger partial charge in [-0.25, -0.2) is 9.37 Å². The van der Waals surface area contributed by atoms with E-state index >= 15 is 0 Å². The summed E-state index contributed by atoms with van der Waals surface area (Å²) in [5.41, 5.74) is 1.89. The normalized spacial score (nSPS) is 11.0. The minimum atomic E-state index is -0.359. The number of thiophene rings is 1. The zero-order valence-corrected chi connectivity index (χ0v) is 15.0. The van der Waals surface area contributed by atoms with E-state index in [4.69, 9.17) is 0 Å². The minimum Gasteiger partial charge on any atom is -0.334 e. The highest BCUT2D eigenvalue weighted by molar-refractivity contribution is 7.17. The highest BCUT2D eigenvalue weighted by Crippen LogP contribution is 2.23. The number of H-pyrrole nitrogens is 2. The zero-order chi connectivity index (χ0) is 19.0. The Morgan fingerprint density at radius 1 is 1.26 bits per heavy atom. The summed E-state index contributed by atoms with van der Waals surface area (Å²) >= 11 is 1.32. The first-order valence-corrected chi connectivity index (χ1v) is 8.92. The van der Waals surface area contributed by atoms with Gasteiger partial charge < -0.3 is 9.88 Å². The number of halogens is 1. The third-order valence-corrected chi connectivity index (χ3v) is 5.00. The number of carbonyl (C=O) groups is 1. The summed E-state index contributed by atoms with van der Waals surface area (Å²) in [6.07, 6.45) is 1.43. The smallest absolute Gasteiger partial charge is 0.268 e. The molecule has 0 bridgehead atoms. The van der Waals surface area contributed by atoms with Gasteiger partial charge >= 0.3 is 0 Å². The van der Waals surface area contributed by atoms with Crippen LogP contribution in [0.1, 0.15) is 16.2 Å². The number of nitrogens with zero attached hydrogens (tertiary/aromatic N) is 3. The molecule has 0 unspecified atom stereocenters. The maximum absolute atomic E-state index is 13.1. The van der Waals surface area contributed by atoms with Crippen molar-refractivity contribution in [2.24, 2.45) is 0 Å². The fourth-order valence-corrected chi connectivity index (χ4v) is 3.51. The van der Waals surface area contributed by atoms with Crippen molar-refractivity contribution in [3.63, 3.8) is 0 Å². The maximum atomic E-state index is 13.1.